The van der Waals surface area contributed by atoms with Crippen molar-refractivity contribution < 1.29 is 9.59 Å². The number of tetrazole rings is 1. The number of hydrogen-bond acceptors (Lipinski definition) is 6. The van der Waals surface area contributed by atoms with Gasteiger partial charge in [-0.05, 0) is 37.1 Å². The Morgan fingerprint density at radius 2 is 2.12 bits per heavy atom. The van der Waals surface area contributed by atoms with E-state index in [2.05, 4.69) is 36.2 Å². The maximum atomic E-state index is 12.4. The van der Waals surface area contributed by atoms with Crippen molar-refractivity contribution >= 4 is 23.4 Å². The molecule has 10 heteroatoms. The predicted molar refractivity (Wildman–Crippen MR) is 93.5 cm³/mol. The van der Waals surface area contributed by atoms with Crippen molar-refractivity contribution in [2.75, 3.05) is 11.9 Å². The lowest BCUT2D eigenvalue weighted by Gasteiger charge is -2.06. The molecule has 3 aromatic rings. The van der Waals surface area contributed by atoms with Gasteiger partial charge in [-0.1, -0.05) is 17.6 Å². The second-order valence-corrected chi connectivity index (χ2v) is 5.82. The van der Waals surface area contributed by atoms with Gasteiger partial charge < -0.3 is 5.32 Å². The molecule has 3 aromatic heterocycles. The van der Waals surface area contributed by atoms with Crippen LogP contribution in [-0.2, 0) is 4.79 Å². The highest BCUT2D eigenvalue weighted by Crippen LogP contribution is 2.11. The molecule has 0 atom stereocenters. The van der Waals surface area contributed by atoms with Gasteiger partial charge in [0.15, 0.2) is 0 Å². The number of anilines is 1. The van der Waals surface area contributed by atoms with Crippen molar-refractivity contribution in [2.24, 2.45) is 0 Å². The number of nitrogens with one attached hydrogen (secondary N) is 3. The lowest BCUT2D eigenvalue weighted by Crippen LogP contribution is -2.26. The van der Waals surface area contributed by atoms with Crippen molar-refractivity contribution in [2.45, 2.75) is 32.6 Å². The van der Waals surface area contributed by atoms with Crippen LogP contribution >= 0.6 is 0 Å². The highest BCUT2D eigenvalue weighted by atomic mass is 16.2. The van der Waals surface area contributed by atoms with Crippen LogP contribution in [0.4, 0.5) is 5.95 Å². The number of hydrogen-bond donors (Lipinski definition) is 3. The Morgan fingerprint density at radius 1 is 1.23 bits per heavy atom. The molecule has 3 N–H and O–H groups in total. The standard InChI is InChI=1S/C16H20N8O2/c1-11-14(24-10-6-4-7-12(24)18-11)15(26)17-9-5-2-3-8-13(25)19-16-20-22-23-21-16/h4,6-7,10H,2-3,5,8-9H2,1H3,(H,17,26)(H2,19,20,21,22,23,25). The molecular formula is C16H20N8O2. The number of pyridine rings is 1. The number of H-pyrrole nitrogens is 1. The molecule has 0 spiro atoms. The van der Waals surface area contributed by atoms with Gasteiger partial charge in [0.2, 0.25) is 5.91 Å². The molecule has 10 nitrogen and oxygen atoms in total. The first-order valence-electron chi connectivity index (χ1n) is 8.40. The zero-order valence-electron chi connectivity index (χ0n) is 14.4. The van der Waals surface area contributed by atoms with Gasteiger partial charge >= 0.3 is 0 Å². The van der Waals surface area contributed by atoms with Crippen molar-refractivity contribution in [3.05, 3.63) is 35.8 Å². The fourth-order valence-corrected chi connectivity index (χ4v) is 2.66. The molecule has 0 saturated carbocycles. The summed E-state index contributed by atoms with van der Waals surface area (Å²) in [7, 11) is 0. The molecule has 0 unspecified atom stereocenters. The monoisotopic (exact) mass is 356 g/mol. The lowest BCUT2D eigenvalue weighted by atomic mass is 10.2. The smallest absolute Gasteiger partial charge is 0.270 e. The van der Waals surface area contributed by atoms with E-state index < -0.39 is 0 Å². The molecule has 136 valence electrons. The molecule has 0 aliphatic rings. The summed E-state index contributed by atoms with van der Waals surface area (Å²) in [6.07, 6.45) is 4.53. The molecule has 0 fully saturated rings. The Labute approximate surface area is 149 Å². The van der Waals surface area contributed by atoms with Crippen LogP contribution in [0, 0.1) is 6.92 Å². The average Bonchev–Trinajstić information content (AvgIpc) is 3.24. The summed E-state index contributed by atoms with van der Waals surface area (Å²) in [5.74, 6) is -0.126. The predicted octanol–water partition coefficient (Wildman–Crippen LogP) is 1.08. The average molecular weight is 356 g/mol. The van der Waals surface area contributed by atoms with Crippen molar-refractivity contribution in [3.63, 3.8) is 0 Å². The first-order valence-corrected chi connectivity index (χ1v) is 8.40. The molecule has 0 saturated heterocycles. The molecule has 0 aliphatic heterocycles. The second-order valence-electron chi connectivity index (χ2n) is 5.82. The highest BCUT2D eigenvalue weighted by molar-refractivity contribution is 5.94. The number of rotatable bonds is 8. The summed E-state index contributed by atoms with van der Waals surface area (Å²) in [6, 6.07) is 5.62. The SMILES string of the molecule is Cc1nc2ccccn2c1C(=O)NCCCCCC(=O)Nc1nn[nH]n1. The quantitative estimate of drug-likeness (QED) is 0.518. The fourth-order valence-electron chi connectivity index (χ4n) is 2.66. The van der Waals surface area contributed by atoms with Gasteiger partial charge in [-0.15, -0.1) is 5.10 Å². The van der Waals surface area contributed by atoms with Gasteiger partial charge in [-0.25, -0.2) is 4.98 Å². The second kappa shape index (κ2) is 8.19. The first kappa shape index (κ1) is 17.5. The number of unbranched alkanes of at least 4 members (excludes halogenated alkanes) is 2. The minimum absolute atomic E-state index is 0.143. The molecule has 2 amide bonds. The van der Waals surface area contributed by atoms with E-state index in [0.29, 0.717) is 30.8 Å². The molecule has 0 aromatic carbocycles. The zero-order chi connectivity index (χ0) is 18.4. The summed E-state index contributed by atoms with van der Waals surface area (Å²) < 4.78 is 1.78. The van der Waals surface area contributed by atoms with Crippen molar-refractivity contribution in [1.82, 2.24) is 35.3 Å². The molecule has 3 rings (SSSR count). The molecule has 0 bridgehead atoms. The van der Waals surface area contributed by atoms with Gasteiger partial charge in [0.25, 0.3) is 11.9 Å². The number of aromatic nitrogens is 6. The number of carbonyl (C=O) groups is 2. The molecule has 26 heavy (non-hydrogen) atoms. The maximum Gasteiger partial charge on any atom is 0.270 e. The van der Waals surface area contributed by atoms with Crippen LogP contribution in [0.3, 0.4) is 0 Å². The van der Waals surface area contributed by atoms with Crippen LogP contribution in [0.15, 0.2) is 24.4 Å². The number of carbonyl (C=O) groups excluding carboxylic acids is 2. The van der Waals surface area contributed by atoms with E-state index in [1.54, 1.807) is 4.40 Å². The maximum absolute atomic E-state index is 12.4. The minimum Gasteiger partial charge on any atom is -0.351 e. The minimum atomic E-state index is -0.156. The molecule has 0 radical (unpaired) electrons. The van der Waals surface area contributed by atoms with E-state index in [0.717, 1.165) is 18.5 Å². The molecular weight excluding hydrogens is 336 g/mol. The largest absolute Gasteiger partial charge is 0.351 e. The summed E-state index contributed by atoms with van der Waals surface area (Å²) in [4.78, 5) is 28.4. The van der Waals surface area contributed by atoms with Gasteiger partial charge in [0, 0.05) is 19.2 Å². The third-order valence-corrected chi connectivity index (χ3v) is 3.88. The van der Waals surface area contributed by atoms with E-state index in [4.69, 9.17) is 0 Å². The number of fused-ring (bicyclic) bond motifs is 1. The Kier molecular flexibility index (Phi) is 5.52. The van der Waals surface area contributed by atoms with E-state index in [9.17, 15) is 9.59 Å². The van der Waals surface area contributed by atoms with Crippen LogP contribution in [0.2, 0.25) is 0 Å². The van der Waals surface area contributed by atoms with Crippen molar-refractivity contribution in [1.29, 1.82) is 0 Å². The van der Waals surface area contributed by atoms with E-state index >= 15 is 0 Å². The van der Waals surface area contributed by atoms with Gasteiger partial charge in [-0.2, -0.15) is 5.21 Å². The Morgan fingerprint density at radius 3 is 2.92 bits per heavy atom. The number of amides is 2. The fraction of sp³-hybridized carbons (Fsp3) is 0.375. The van der Waals surface area contributed by atoms with Gasteiger partial charge in [-0.3, -0.25) is 19.3 Å². The first-order chi connectivity index (χ1) is 12.6. The number of imidazole rings is 1. The van der Waals surface area contributed by atoms with Gasteiger partial charge in [0.05, 0.1) is 5.69 Å². The number of aromatic amines is 1. The van der Waals surface area contributed by atoms with Crippen molar-refractivity contribution in [3.8, 4) is 0 Å². The number of aryl methyl sites for hydroxylation is 1. The van der Waals surface area contributed by atoms with E-state index in [-0.39, 0.29) is 17.8 Å². The van der Waals surface area contributed by atoms with E-state index in [1.165, 1.54) is 0 Å². The van der Waals surface area contributed by atoms with Crippen LogP contribution in [0.25, 0.3) is 5.65 Å². The molecule has 0 aliphatic carbocycles. The Hall–Kier alpha value is -3.30. The lowest BCUT2D eigenvalue weighted by molar-refractivity contribution is -0.116. The number of nitrogens with zero attached hydrogens (tertiary/aromatic N) is 5. The summed E-state index contributed by atoms with van der Waals surface area (Å²) in [5.41, 5.74) is 2.01. The highest BCUT2D eigenvalue weighted by Gasteiger charge is 2.15. The van der Waals surface area contributed by atoms with Crippen LogP contribution in [0.1, 0.15) is 41.9 Å². The summed E-state index contributed by atoms with van der Waals surface area (Å²) in [6.45, 7) is 2.37. The zero-order valence-corrected chi connectivity index (χ0v) is 14.4. The normalized spacial score (nSPS) is 10.8. The topological polar surface area (TPSA) is 130 Å². The third-order valence-electron chi connectivity index (χ3n) is 3.88. The summed E-state index contributed by atoms with van der Waals surface area (Å²) in [5, 5.41) is 18.4. The Bertz CT molecular complexity index is 887. The van der Waals surface area contributed by atoms with Crippen LogP contribution < -0.4 is 10.6 Å². The third kappa shape index (κ3) is 4.21. The molecule has 3 heterocycles. The van der Waals surface area contributed by atoms with Gasteiger partial charge in [0.1, 0.15) is 11.3 Å². The Balaban J connectivity index is 1.37. The van der Waals surface area contributed by atoms with Crippen LogP contribution in [-0.4, -0.2) is 48.4 Å². The summed E-state index contributed by atoms with van der Waals surface area (Å²) >= 11 is 0. The van der Waals surface area contributed by atoms with Crippen LogP contribution in [0.5, 0.6) is 0 Å². The van der Waals surface area contributed by atoms with E-state index in [1.807, 2.05) is 31.3 Å².